The van der Waals surface area contributed by atoms with Gasteiger partial charge in [-0.05, 0) is 47.6 Å². The van der Waals surface area contributed by atoms with Crippen LogP contribution < -0.4 is 0 Å². The number of carbonyl (C=O) groups is 1. The van der Waals surface area contributed by atoms with Crippen molar-refractivity contribution in [1.29, 1.82) is 0 Å². The minimum absolute atomic E-state index is 0.0401. The van der Waals surface area contributed by atoms with E-state index in [1.54, 1.807) is 6.08 Å². The SMILES string of the molecule is O=C1/C(=C\c2ccc(I)o2)SC(=S)N1C1CCCCC1. The van der Waals surface area contributed by atoms with E-state index in [1.807, 2.05) is 17.0 Å². The van der Waals surface area contributed by atoms with Gasteiger partial charge >= 0.3 is 0 Å². The van der Waals surface area contributed by atoms with Crippen molar-refractivity contribution in [2.75, 3.05) is 0 Å². The Morgan fingerprint density at radius 2 is 2.10 bits per heavy atom. The van der Waals surface area contributed by atoms with Gasteiger partial charge in [-0.15, -0.1) is 0 Å². The van der Waals surface area contributed by atoms with Crippen molar-refractivity contribution in [3.8, 4) is 0 Å². The van der Waals surface area contributed by atoms with E-state index >= 15 is 0 Å². The van der Waals surface area contributed by atoms with Gasteiger partial charge in [-0.3, -0.25) is 9.69 Å². The van der Waals surface area contributed by atoms with Crippen LogP contribution in [0.2, 0.25) is 0 Å². The highest BCUT2D eigenvalue weighted by molar-refractivity contribution is 14.1. The summed E-state index contributed by atoms with van der Waals surface area (Å²) in [4.78, 5) is 15.0. The smallest absolute Gasteiger partial charge is 0.266 e. The summed E-state index contributed by atoms with van der Waals surface area (Å²) in [6.45, 7) is 0. The van der Waals surface area contributed by atoms with E-state index in [-0.39, 0.29) is 5.91 Å². The monoisotopic (exact) mass is 419 g/mol. The molecule has 0 radical (unpaired) electrons. The summed E-state index contributed by atoms with van der Waals surface area (Å²) in [5.41, 5.74) is 0. The molecular formula is C14H14INO2S2. The topological polar surface area (TPSA) is 33.5 Å². The van der Waals surface area contributed by atoms with Crippen molar-refractivity contribution in [2.24, 2.45) is 0 Å². The van der Waals surface area contributed by atoms with Gasteiger partial charge < -0.3 is 4.42 Å². The largest absolute Gasteiger partial charge is 0.451 e. The second kappa shape index (κ2) is 6.19. The van der Waals surface area contributed by atoms with Gasteiger partial charge in [-0.1, -0.05) is 43.2 Å². The Balaban J connectivity index is 1.81. The normalized spacial score (nSPS) is 23.1. The highest BCUT2D eigenvalue weighted by atomic mass is 127. The van der Waals surface area contributed by atoms with Gasteiger partial charge in [0.25, 0.3) is 5.91 Å². The van der Waals surface area contributed by atoms with Crippen LogP contribution in [0.5, 0.6) is 0 Å². The molecule has 3 rings (SSSR count). The summed E-state index contributed by atoms with van der Waals surface area (Å²) in [5, 5.41) is 0. The molecule has 2 aliphatic rings. The number of amides is 1. The molecule has 106 valence electrons. The molecule has 1 saturated carbocycles. The van der Waals surface area contributed by atoms with Crippen LogP contribution in [0.1, 0.15) is 37.9 Å². The van der Waals surface area contributed by atoms with Gasteiger partial charge in [-0.25, -0.2) is 0 Å². The van der Waals surface area contributed by atoms with Crippen molar-refractivity contribution in [2.45, 2.75) is 38.1 Å². The first-order valence-corrected chi connectivity index (χ1v) is 8.98. The molecule has 0 bridgehead atoms. The van der Waals surface area contributed by atoms with Crippen LogP contribution in [0.4, 0.5) is 0 Å². The Labute approximate surface area is 141 Å². The van der Waals surface area contributed by atoms with Gasteiger partial charge in [0.05, 0.1) is 4.91 Å². The molecule has 0 unspecified atom stereocenters. The van der Waals surface area contributed by atoms with Gasteiger partial charge in [0.1, 0.15) is 10.1 Å². The van der Waals surface area contributed by atoms with Crippen LogP contribution >= 0.6 is 46.6 Å². The third-order valence-corrected chi connectivity index (χ3v) is 5.54. The zero-order valence-electron chi connectivity index (χ0n) is 10.8. The van der Waals surface area contributed by atoms with Gasteiger partial charge in [-0.2, -0.15) is 0 Å². The lowest BCUT2D eigenvalue weighted by Gasteiger charge is -2.29. The molecule has 2 fully saturated rings. The molecule has 0 N–H and O–H groups in total. The molecule has 1 aliphatic heterocycles. The Hall–Kier alpha value is -0.340. The van der Waals surface area contributed by atoms with E-state index in [1.165, 1.54) is 31.0 Å². The number of hydrogen-bond acceptors (Lipinski definition) is 4. The zero-order chi connectivity index (χ0) is 14.1. The summed E-state index contributed by atoms with van der Waals surface area (Å²) in [6, 6.07) is 4.04. The van der Waals surface area contributed by atoms with Crippen LogP contribution in [0, 0.1) is 3.77 Å². The molecule has 1 aliphatic carbocycles. The standard InChI is InChI=1S/C14H14INO2S2/c15-12-7-6-10(18-12)8-11-13(17)16(14(19)20-11)9-4-2-1-3-5-9/h6-9H,1-5H2/b11-8+. The van der Waals surface area contributed by atoms with Crippen molar-refractivity contribution >= 4 is 62.9 Å². The quantitative estimate of drug-likeness (QED) is 0.404. The Morgan fingerprint density at radius 3 is 2.75 bits per heavy atom. The van der Waals surface area contributed by atoms with Crippen molar-refractivity contribution in [1.82, 2.24) is 4.90 Å². The van der Waals surface area contributed by atoms with Crippen LogP contribution in [0.3, 0.4) is 0 Å². The lowest BCUT2D eigenvalue weighted by Crippen LogP contribution is -2.39. The maximum atomic E-state index is 12.5. The molecule has 0 aromatic carbocycles. The van der Waals surface area contributed by atoms with E-state index in [2.05, 4.69) is 22.6 Å². The average Bonchev–Trinajstić information content (AvgIpc) is 2.96. The number of thioether (sulfide) groups is 1. The van der Waals surface area contributed by atoms with Gasteiger partial charge in [0.2, 0.25) is 0 Å². The predicted octanol–water partition coefficient (Wildman–Crippen LogP) is 4.42. The maximum absolute atomic E-state index is 12.5. The van der Waals surface area contributed by atoms with Crippen molar-refractivity contribution < 1.29 is 9.21 Å². The van der Waals surface area contributed by atoms with Crippen LogP contribution in [0.15, 0.2) is 21.5 Å². The predicted molar refractivity (Wildman–Crippen MR) is 93.3 cm³/mol. The first kappa shape index (κ1) is 14.6. The molecule has 3 nitrogen and oxygen atoms in total. The Bertz CT molecular complexity index is 575. The molecule has 6 heteroatoms. The minimum atomic E-state index is 0.0401. The minimum Gasteiger partial charge on any atom is -0.451 e. The fourth-order valence-electron chi connectivity index (χ4n) is 2.67. The molecule has 1 amide bonds. The summed E-state index contributed by atoms with van der Waals surface area (Å²) in [7, 11) is 0. The van der Waals surface area contributed by atoms with Crippen LogP contribution in [-0.4, -0.2) is 21.2 Å². The molecule has 1 aromatic rings. The van der Waals surface area contributed by atoms with E-state index < -0.39 is 0 Å². The van der Waals surface area contributed by atoms with E-state index in [4.69, 9.17) is 16.6 Å². The van der Waals surface area contributed by atoms with E-state index in [0.29, 0.717) is 21.0 Å². The first-order valence-electron chi connectivity index (χ1n) is 6.67. The van der Waals surface area contributed by atoms with E-state index in [9.17, 15) is 4.79 Å². The lowest BCUT2D eigenvalue weighted by molar-refractivity contribution is -0.124. The number of halogens is 1. The number of furan rings is 1. The molecular weight excluding hydrogens is 405 g/mol. The van der Waals surface area contributed by atoms with Gasteiger partial charge in [0, 0.05) is 12.1 Å². The summed E-state index contributed by atoms with van der Waals surface area (Å²) < 4.78 is 7.00. The van der Waals surface area contributed by atoms with E-state index in [0.717, 1.165) is 16.6 Å². The molecule has 0 spiro atoms. The van der Waals surface area contributed by atoms with Crippen LogP contribution in [0.25, 0.3) is 6.08 Å². The fraction of sp³-hybridized carbons (Fsp3) is 0.429. The number of nitrogens with zero attached hydrogens (tertiary/aromatic N) is 1. The maximum Gasteiger partial charge on any atom is 0.266 e. The van der Waals surface area contributed by atoms with Gasteiger partial charge in [0.15, 0.2) is 3.77 Å². The second-order valence-electron chi connectivity index (χ2n) is 4.99. The van der Waals surface area contributed by atoms with Crippen molar-refractivity contribution in [3.63, 3.8) is 0 Å². The molecule has 20 heavy (non-hydrogen) atoms. The summed E-state index contributed by atoms with van der Waals surface area (Å²) in [5.74, 6) is 0.747. The number of hydrogen-bond donors (Lipinski definition) is 0. The van der Waals surface area contributed by atoms with Crippen LogP contribution in [-0.2, 0) is 4.79 Å². The molecule has 2 heterocycles. The number of carbonyl (C=O) groups excluding carboxylic acids is 1. The fourth-order valence-corrected chi connectivity index (χ4v) is 4.48. The summed E-state index contributed by atoms with van der Waals surface area (Å²) in [6.07, 6.45) is 7.58. The third-order valence-electron chi connectivity index (χ3n) is 3.63. The highest BCUT2D eigenvalue weighted by Gasteiger charge is 2.37. The zero-order valence-corrected chi connectivity index (χ0v) is 14.6. The van der Waals surface area contributed by atoms with Crippen molar-refractivity contribution in [3.05, 3.63) is 26.6 Å². The second-order valence-corrected chi connectivity index (χ2v) is 7.72. The first-order chi connectivity index (χ1) is 9.65. The number of thiocarbonyl (C=S) groups is 1. The Kier molecular flexibility index (Phi) is 4.52. The number of rotatable bonds is 2. The third kappa shape index (κ3) is 2.96. The molecule has 1 saturated heterocycles. The lowest BCUT2D eigenvalue weighted by atomic mass is 9.94. The average molecular weight is 419 g/mol. The molecule has 0 atom stereocenters. The molecule has 1 aromatic heterocycles. The highest BCUT2D eigenvalue weighted by Crippen LogP contribution is 2.37. The Morgan fingerprint density at radius 1 is 1.35 bits per heavy atom. The summed E-state index contributed by atoms with van der Waals surface area (Å²) >= 11 is 8.89.